The van der Waals surface area contributed by atoms with Crippen molar-refractivity contribution in [2.45, 2.75) is 45.1 Å². The second kappa shape index (κ2) is 15.6. The van der Waals surface area contributed by atoms with Gasteiger partial charge in [0.15, 0.2) is 0 Å². The van der Waals surface area contributed by atoms with Crippen LogP contribution in [0.2, 0.25) is 0 Å². The zero-order valence-electron chi connectivity index (χ0n) is 26.5. The van der Waals surface area contributed by atoms with Crippen molar-refractivity contribution in [3.05, 3.63) is 131 Å². The molecule has 0 aliphatic heterocycles. The van der Waals surface area contributed by atoms with Crippen molar-refractivity contribution in [3.8, 4) is 0 Å². The summed E-state index contributed by atoms with van der Waals surface area (Å²) in [6.45, 7) is 4.00. The number of aliphatic hydroxyl groups is 1. The molecule has 0 spiro atoms. The number of hydrogen-bond acceptors (Lipinski definition) is 5. The van der Waals surface area contributed by atoms with Gasteiger partial charge in [-0.1, -0.05) is 92.7 Å². The zero-order valence-corrected chi connectivity index (χ0v) is 27.3. The summed E-state index contributed by atoms with van der Waals surface area (Å²) in [5.41, 5.74) is 1.31. The molecule has 0 radical (unpaired) electrons. The molecule has 0 bridgehead atoms. The molecule has 4 rings (SSSR count). The number of anilines is 2. The normalized spacial score (nSPS) is 14.0. The maximum atomic E-state index is 14.0. The number of nitrogens with zero attached hydrogens (tertiary/aromatic N) is 1. The van der Waals surface area contributed by atoms with Crippen molar-refractivity contribution in [3.63, 3.8) is 0 Å². The number of para-hydroxylation sites is 2. The SMILES string of the molecule is CC(C)C(NC(=O)c1ccccc1N(c1ccccc1)S(C)(=O)=O)[C@H](Cc1ccccc1)[C@@H](O)CNCc1cccc(C(F)(F)F)c1. The van der Waals surface area contributed by atoms with E-state index >= 15 is 0 Å². The fourth-order valence-corrected chi connectivity index (χ4v) is 6.70. The van der Waals surface area contributed by atoms with Gasteiger partial charge in [0, 0.05) is 25.0 Å². The quantitative estimate of drug-likeness (QED) is 0.141. The van der Waals surface area contributed by atoms with Crippen LogP contribution in [0.3, 0.4) is 0 Å². The second-order valence-electron chi connectivity index (χ2n) is 11.9. The summed E-state index contributed by atoms with van der Waals surface area (Å²) < 4.78 is 66.8. The first-order valence-corrected chi connectivity index (χ1v) is 17.1. The first-order chi connectivity index (χ1) is 22.3. The van der Waals surface area contributed by atoms with Gasteiger partial charge in [-0.15, -0.1) is 0 Å². The van der Waals surface area contributed by atoms with Crippen LogP contribution in [0, 0.1) is 11.8 Å². The molecule has 3 atom stereocenters. The van der Waals surface area contributed by atoms with Gasteiger partial charge in [-0.3, -0.25) is 4.79 Å². The molecule has 3 N–H and O–H groups in total. The number of hydrogen-bond donors (Lipinski definition) is 3. The number of carbonyl (C=O) groups excluding carboxylic acids is 1. The summed E-state index contributed by atoms with van der Waals surface area (Å²) >= 11 is 0. The molecule has 1 amide bonds. The van der Waals surface area contributed by atoms with Gasteiger partial charge in [0.25, 0.3) is 5.91 Å². The molecule has 0 saturated heterocycles. The number of rotatable bonds is 14. The van der Waals surface area contributed by atoms with Crippen LogP contribution >= 0.6 is 0 Å². The molecule has 1 unspecified atom stereocenters. The van der Waals surface area contributed by atoms with Gasteiger partial charge in [-0.05, 0) is 53.8 Å². The van der Waals surface area contributed by atoms with Crippen LogP contribution < -0.4 is 14.9 Å². The predicted molar refractivity (Wildman–Crippen MR) is 179 cm³/mol. The molecular weight excluding hydrogens is 627 g/mol. The van der Waals surface area contributed by atoms with Gasteiger partial charge >= 0.3 is 6.18 Å². The van der Waals surface area contributed by atoms with Gasteiger partial charge in [-0.2, -0.15) is 13.2 Å². The first-order valence-electron chi connectivity index (χ1n) is 15.3. The van der Waals surface area contributed by atoms with Crippen LogP contribution in [-0.2, 0) is 29.2 Å². The topological polar surface area (TPSA) is 98.7 Å². The summed E-state index contributed by atoms with van der Waals surface area (Å²) in [6.07, 6.45) is -3.99. The summed E-state index contributed by atoms with van der Waals surface area (Å²) in [5.74, 6) is -1.17. The minimum absolute atomic E-state index is 0.0548. The number of amides is 1. The highest BCUT2D eigenvalue weighted by molar-refractivity contribution is 7.92. The third kappa shape index (κ3) is 9.66. The summed E-state index contributed by atoms with van der Waals surface area (Å²) in [5, 5.41) is 17.7. The molecule has 0 aliphatic carbocycles. The zero-order chi connectivity index (χ0) is 34.2. The van der Waals surface area contributed by atoms with Crippen LogP contribution in [-0.4, -0.2) is 44.4 Å². The lowest BCUT2D eigenvalue weighted by Gasteiger charge is -2.35. The molecule has 0 aromatic heterocycles. The van der Waals surface area contributed by atoms with Crippen molar-refractivity contribution >= 4 is 27.3 Å². The highest BCUT2D eigenvalue weighted by atomic mass is 32.2. The van der Waals surface area contributed by atoms with Crippen molar-refractivity contribution in [1.29, 1.82) is 0 Å². The van der Waals surface area contributed by atoms with E-state index in [-0.39, 0.29) is 30.3 Å². The van der Waals surface area contributed by atoms with Gasteiger partial charge in [0.2, 0.25) is 10.0 Å². The molecular formula is C36H40F3N3O4S. The van der Waals surface area contributed by atoms with E-state index in [1.807, 2.05) is 44.2 Å². The van der Waals surface area contributed by atoms with Crippen molar-refractivity contribution < 1.29 is 31.5 Å². The van der Waals surface area contributed by atoms with E-state index in [4.69, 9.17) is 0 Å². The fourth-order valence-electron chi connectivity index (χ4n) is 5.67. The summed E-state index contributed by atoms with van der Waals surface area (Å²) in [7, 11) is -3.84. The van der Waals surface area contributed by atoms with Gasteiger partial charge in [0.05, 0.1) is 34.9 Å². The smallest absolute Gasteiger partial charge is 0.391 e. The Balaban J connectivity index is 1.61. The Hall–Kier alpha value is -4.19. The third-order valence-electron chi connectivity index (χ3n) is 7.91. The Bertz CT molecular complexity index is 1720. The molecule has 47 heavy (non-hydrogen) atoms. The van der Waals surface area contributed by atoms with Crippen LogP contribution in [0.25, 0.3) is 0 Å². The molecule has 0 saturated carbocycles. The average Bonchev–Trinajstić information content (AvgIpc) is 3.03. The van der Waals surface area contributed by atoms with Crippen LogP contribution in [0.4, 0.5) is 24.5 Å². The Morgan fingerprint density at radius 3 is 2.06 bits per heavy atom. The summed E-state index contributed by atoms with van der Waals surface area (Å²) in [6, 6.07) is 28.9. The highest BCUT2D eigenvalue weighted by Gasteiger charge is 2.34. The third-order valence-corrected chi connectivity index (χ3v) is 8.98. The van der Waals surface area contributed by atoms with E-state index in [9.17, 15) is 31.5 Å². The molecule has 7 nitrogen and oxygen atoms in total. The molecule has 4 aromatic carbocycles. The predicted octanol–water partition coefficient (Wildman–Crippen LogP) is 6.57. The number of alkyl halides is 3. The number of aliphatic hydroxyl groups excluding tert-OH is 1. The minimum Gasteiger partial charge on any atom is -0.391 e. The van der Waals surface area contributed by atoms with Gasteiger partial charge in [-0.25, -0.2) is 12.7 Å². The van der Waals surface area contributed by atoms with Crippen molar-refractivity contribution in [2.24, 2.45) is 11.8 Å². The number of carbonyl (C=O) groups is 1. The average molecular weight is 668 g/mol. The second-order valence-corrected chi connectivity index (χ2v) is 13.7. The van der Waals surface area contributed by atoms with Crippen molar-refractivity contribution in [1.82, 2.24) is 10.6 Å². The Morgan fingerprint density at radius 2 is 1.45 bits per heavy atom. The first kappa shape index (κ1) is 35.7. The van der Waals surface area contributed by atoms with E-state index in [1.54, 1.807) is 60.7 Å². The fraction of sp³-hybridized carbons (Fsp3) is 0.306. The Kier molecular flexibility index (Phi) is 11.8. The van der Waals surface area contributed by atoms with E-state index in [0.717, 1.165) is 28.3 Å². The monoisotopic (exact) mass is 667 g/mol. The Morgan fingerprint density at radius 1 is 0.851 bits per heavy atom. The number of sulfonamides is 1. The lowest BCUT2D eigenvalue weighted by atomic mass is 9.81. The maximum absolute atomic E-state index is 14.0. The lowest BCUT2D eigenvalue weighted by Crippen LogP contribution is -2.51. The largest absolute Gasteiger partial charge is 0.416 e. The Labute approximate surface area is 274 Å². The molecule has 250 valence electrons. The summed E-state index contributed by atoms with van der Waals surface area (Å²) in [4.78, 5) is 14.0. The molecule has 0 aliphatic rings. The number of nitrogens with one attached hydrogen (secondary N) is 2. The molecule has 4 aromatic rings. The number of halogens is 3. The van der Waals surface area contributed by atoms with E-state index in [0.29, 0.717) is 17.7 Å². The highest BCUT2D eigenvalue weighted by Crippen LogP contribution is 2.32. The van der Waals surface area contributed by atoms with Gasteiger partial charge in [0.1, 0.15) is 0 Å². The molecule has 0 fully saturated rings. The minimum atomic E-state index is -4.46. The maximum Gasteiger partial charge on any atom is 0.416 e. The van der Waals surface area contributed by atoms with Crippen LogP contribution in [0.1, 0.15) is 40.9 Å². The van der Waals surface area contributed by atoms with Gasteiger partial charge < -0.3 is 15.7 Å². The van der Waals surface area contributed by atoms with E-state index in [1.165, 1.54) is 6.07 Å². The molecule has 11 heteroatoms. The lowest BCUT2D eigenvalue weighted by molar-refractivity contribution is -0.137. The van der Waals surface area contributed by atoms with Crippen molar-refractivity contribution in [2.75, 3.05) is 17.1 Å². The van der Waals surface area contributed by atoms with E-state index < -0.39 is 45.7 Å². The van der Waals surface area contributed by atoms with Crippen LogP contribution in [0.5, 0.6) is 0 Å². The van der Waals surface area contributed by atoms with Crippen LogP contribution in [0.15, 0.2) is 109 Å². The standard InChI is InChI=1S/C36H40F3N3O4S/c1-25(2)34(41-35(44)30-19-10-11-20-32(30)42(47(3,45)46)29-17-8-5-9-18-29)31(22-26-13-6-4-7-14-26)33(43)24-40-23-27-15-12-16-28(21-27)36(37,38)39/h4-21,25,31,33-34,40,43H,22-24H2,1-3H3,(H,41,44)/t31-,33+,34?/m1/s1. The van der Waals surface area contributed by atoms with E-state index in [2.05, 4.69) is 10.6 Å². The molecule has 0 heterocycles. The number of benzene rings is 4.